The number of benzene rings is 3. The number of carbonyl (C=O) groups excluding carboxylic acids is 1. The molecule has 8 nitrogen and oxygen atoms in total. The van der Waals surface area contributed by atoms with Crippen LogP contribution in [-0.4, -0.2) is 41.1 Å². The van der Waals surface area contributed by atoms with Gasteiger partial charge in [0, 0.05) is 31.0 Å². The van der Waals surface area contributed by atoms with Gasteiger partial charge in [-0.1, -0.05) is 24.3 Å². The Morgan fingerprint density at radius 1 is 0.742 bits per heavy atom. The van der Waals surface area contributed by atoms with Gasteiger partial charge in [-0.2, -0.15) is 0 Å². The van der Waals surface area contributed by atoms with Crippen LogP contribution in [0, 0.1) is 0 Å². The van der Waals surface area contributed by atoms with E-state index in [0.29, 0.717) is 11.4 Å². The van der Waals surface area contributed by atoms with E-state index in [1.54, 1.807) is 36.4 Å². The molecule has 0 fully saturated rings. The smallest absolute Gasteiger partial charge is 0.261 e. The molecule has 3 rings (SSSR count). The number of nitrogens with one attached hydrogen (secondary N) is 2. The van der Waals surface area contributed by atoms with Crippen LogP contribution in [0.3, 0.4) is 0 Å². The topological polar surface area (TPSA) is 113 Å². The maximum absolute atomic E-state index is 12.5. The van der Waals surface area contributed by atoms with E-state index in [4.69, 9.17) is 0 Å². The molecule has 0 aromatic heterocycles. The Hall–Kier alpha value is -3.21. The number of amides is 1. The third-order valence-corrected chi connectivity index (χ3v) is 7.53. The Kier molecular flexibility index (Phi) is 6.44. The van der Waals surface area contributed by atoms with Crippen LogP contribution >= 0.6 is 0 Å². The van der Waals surface area contributed by atoms with Gasteiger partial charge in [-0.05, 0) is 54.6 Å². The van der Waals surface area contributed by atoms with Crippen molar-refractivity contribution >= 4 is 37.3 Å². The number of hydrogen-bond acceptors (Lipinski definition) is 5. The van der Waals surface area contributed by atoms with Crippen LogP contribution in [0.5, 0.6) is 0 Å². The van der Waals surface area contributed by atoms with Crippen molar-refractivity contribution in [3.8, 4) is 0 Å². The fourth-order valence-electron chi connectivity index (χ4n) is 2.65. The first-order chi connectivity index (χ1) is 14.6. The molecule has 10 heteroatoms. The Morgan fingerprint density at radius 3 is 1.97 bits per heavy atom. The highest BCUT2D eigenvalue weighted by Gasteiger charge is 2.18. The molecule has 0 saturated carbocycles. The van der Waals surface area contributed by atoms with Gasteiger partial charge < -0.3 is 5.32 Å². The van der Waals surface area contributed by atoms with Crippen LogP contribution in [-0.2, 0) is 20.0 Å². The van der Waals surface area contributed by atoms with Crippen molar-refractivity contribution in [3.63, 3.8) is 0 Å². The number of nitrogens with zero attached hydrogens (tertiary/aromatic N) is 1. The summed E-state index contributed by atoms with van der Waals surface area (Å²) in [5.41, 5.74) is 0.951. The summed E-state index contributed by atoms with van der Waals surface area (Å²) < 4.78 is 53.0. The highest BCUT2D eigenvalue weighted by Crippen LogP contribution is 2.20. The van der Waals surface area contributed by atoms with Crippen LogP contribution < -0.4 is 10.0 Å². The van der Waals surface area contributed by atoms with E-state index in [1.807, 2.05) is 0 Å². The standard InChI is InChI=1S/C21H21N3O5S2/c1-24(2)31(28,29)20-10-6-9-18(15-20)22-21(25)16-11-13-19(14-12-16)30(26,27)23-17-7-4-3-5-8-17/h3-15,23H,1-2H3,(H,22,25). The van der Waals surface area contributed by atoms with Crippen molar-refractivity contribution in [1.29, 1.82) is 0 Å². The van der Waals surface area contributed by atoms with Gasteiger partial charge in [0.15, 0.2) is 0 Å². The number of para-hydroxylation sites is 1. The van der Waals surface area contributed by atoms with E-state index in [1.165, 1.54) is 56.6 Å². The van der Waals surface area contributed by atoms with Crippen LogP contribution in [0.1, 0.15) is 10.4 Å². The van der Waals surface area contributed by atoms with Crippen molar-refractivity contribution in [2.45, 2.75) is 9.79 Å². The molecule has 0 aliphatic rings. The molecule has 0 spiro atoms. The number of rotatable bonds is 7. The summed E-state index contributed by atoms with van der Waals surface area (Å²) in [7, 11) is -4.60. The van der Waals surface area contributed by atoms with Crippen LogP contribution in [0.15, 0.2) is 88.7 Å². The average molecular weight is 460 g/mol. The summed E-state index contributed by atoms with van der Waals surface area (Å²) in [6, 6.07) is 19.8. The van der Waals surface area contributed by atoms with Crippen LogP contribution in [0.25, 0.3) is 0 Å². The van der Waals surface area contributed by atoms with Crippen molar-refractivity contribution in [2.75, 3.05) is 24.1 Å². The molecule has 162 valence electrons. The zero-order valence-electron chi connectivity index (χ0n) is 16.8. The van der Waals surface area contributed by atoms with Crippen molar-refractivity contribution in [3.05, 3.63) is 84.4 Å². The van der Waals surface area contributed by atoms with Crippen molar-refractivity contribution in [1.82, 2.24) is 4.31 Å². The van der Waals surface area contributed by atoms with Gasteiger partial charge in [-0.3, -0.25) is 9.52 Å². The summed E-state index contributed by atoms with van der Waals surface area (Å²) in [5, 5.41) is 2.62. The van der Waals surface area contributed by atoms with Gasteiger partial charge in [0.25, 0.3) is 15.9 Å². The Balaban J connectivity index is 1.75. The molecule has 0 aliphatic carbocycles. The molecule has 0 bridgehead atoms. The first-order valence-electron chi connectivity index (χ1n) is 9.11. The second kappa shape index (κ2) is 8.88. The van der Waals surface area contributed by atoms with E-state index >= 15 is 0 Å². The highest BCUT2D eigenvalue weighted by atomic mass is 32.2. The third kappa shape index (κ3) is 5.29. The van der Waals surface area contributed by atoms with E-state index in [0.717, 1.165) is 4.31 Å². The Bertz CT molecular complexity index is 1290. The van der Waals surface area contributed by atoms with E-state index < -0.39 is 26.0 Å². The molecule has 0 atom stereocenters. The number of anilines is 2. The maximum atomic E-state index is 12.5. The van der Waals surface area contributed by atoms with Crippen molar-refractivity contribution < 1.29 is 21.6 Å². The zero-order chi connectivity index (χ0) is 22.6. The highest BCUT2D eigenvalue weighted by molar-refractivity contribution is 7.92. The lowest BCUT2D eigenvalue weighted by atomic mass is 10.2. The average Bonchev–Trinajstić information content (AvgIpc) is 2.74. The number of hydrogen-bond donors (Lipinski definition) is 2. The Labute approximate surface area is 181 Å². The lowest BCUT2D eigenvalue weighted by Crippen LogP contribution is -2.22. The summed E-state index contributed by atoms with van der Waals surface area (Å²) >= 11 is 0. The molecular weight excluding hydrogens is 438 g/mol. The van der Waals surface area contributed by atoms with E-state index in [9.17, 15) is 21.6 Å². The minimum Gasteiger partial charge on any atom is -0.322 e. The van der Waals surface area contributed by atoms with Gasteiger partial charge in [0.05, 0.1) is 9.79 Å². The first-order valence-corrected chi connectivity index (χ1v) is 12.0. The summed E-state index contributed by atoms with van der Waals surface area (Å²) in [6.07, 6.45) is 0. The number of sulfonamides is 2. The zero-order valence-corrected chi connectivity index (χ0v) is 18.4. The van der Waals surface area contributed by atoms with Gasteiger partial charge in [0.2, 0.25) is 10.0 Å². The van der Waals surface area contributed by atoms with Gasteiger partial charge >= 0.3 is 0 Å². The summed E-state index contributed by atoms with van der Waals surface area (Å²) in [6.45, 7) is 0. The lowest BCUT2D eigenvalue weighted by Gasteiger charge is -2.13. The Morgan fingerprint density at radius 2 is 1.35 bits per heavy atom. The molecule has 31 heavy (non-hydrogen) atoms. The molecule has 0 unspecified atom stereocenters. The normalized spacial score (nSPS) is 11.8. The minimum atomic E-state index is -3.80. The minimum absolute atomic E-state index is 0.00646. The second-order valence-corrected chi connectivity index (χ2v) is 10.6. The lowest BCUT2D eigenvalue weighted by molar-refractivity contribution is 0.102. The van der Waals surface area contributed by atoms with Crippen LogP contribution in [0.2, 0.25) is 0 Å². The summed E-state index contributed by atoms with van der Waals surface area (Å²) in [4.78, 5) is 12.6. The van der Waals surface area contributed by atoms with Crippen molar-refractivity contribution in [2.24, 2.45) is 0 Å². The maximum Gasteiger partial charge on any atom is 0.261 e. The van der Waals surface area contributed by atoms with Gasteiger partial charge in [-0.25, -0.2) is 21.1 Å². The monoisotopic (exact) mass is 459 g/mol. The second-order valence-electron chi connectivity index (χ2n) is 6.77. The third-order valence-electron chi connectivity index (χ3n) is 4.32. The largest absolute Gasteiger partial charge is 0.322 e. The molecule has 3 aromatic rings. The quantitative estimate of drug-likeness (QED) is 0.564. The van der Waals surface area contributed by atoms with Crippen LogP contribution in [0.4, 0.5) is 11.4 Å². The molecule has 2 N–H and O–H groups in total. The predicted molar refractivity (Wildman–Crippen MR) is 119 cm³/mol. The van der Waals surface area contributed by atoms with E-state index in [-0.39, 0.29) is 15.4 Å². The predicted octanol–water partition coefficient (Wildman–Crippen LogP) is 2.99. The summed E-state index contributed by atoms with van der Waals surface area (Å²) in [5.74, 6) is -0.501. The number of carbonyl (C=O) groups is 1. The molecule has 3 aromatic carbocycles. The molecule has 1 amide bonds. The van der Waals surface area contributed by atoms with E-state index in [2.05, 4.69) is 10.0 Å². The molecule has 0 aliphatic heterocycles. The fraction of sp³-hybridized carbons (Fsp3) is 0.0952. The molecule has 0 heterocycles. The van der Waals surface area contributed by atoms with Gasteiger partial charge in [-0.15, -0.1) is 0 Å². The molecular formula is C21H21N3O5S2. The SMILES string of the molecule is CN(C)S(=O)(=O)c1cccc(NC(=O)c2ccc(S(=O)(=O)Nc3ccccc3)cc2)c1. The van der Waals surface area contributed by atoms with Gasteiger partial charge in [0.1, 0.15) is 0 Å². The first kappa shape index (κ1) is 22.5. The fourth-order valence-corrected chi connectivity index (χ4v) is 4.66. The molecule has 0 radical (unpaired) electrons. The molecule has 0 saturated heterocycles.